The smallest absolute Gasteiger partial charge is 0.227 e. The number of ether oxygens (including phenoxy) is 1. The highest BCUT2D eigenvalue weighted by molar-refractivity contribution is 5.83. The predicted octanol–water partition coefficient (Wildman–Crippen LogP) is 1.44. The second-order valence-electron chi connectivity index (χ2n) is 6.17. The van der Waals surface area contributed by atoms with Crippen LogP contribution in [0.3, 0.4) is 0 Å². The van der Waals surface area contributed by atoms with E-state index in [-0.39, 0.29) is 11.3 Å². The molecule has 18 heavy (non-hydrogen) atoms. The number of hydrogen-bond acceptors (Lipinski definition) is 3. The third-order valence-electron chi connectivity index (χ3n) is 4.87. The van der Waals surface area contributed by atoms with Crippen molar-refractivity contribution in [2.75, 3.05) is 13.7 Å². The third kappa shape index (κ3) is 2.69. The summed E-state index contributed by atoms with van der Waals surface area (Å²) in [5.74, 6) is 0.913. The van der Waals surface area contributed by atoms with Crippen molar-refractivity contribution in [3.63, 3.8) is 0 Å². The maximum absolute atomic E-state index is 12.4. The van der Waals surface area contributed by atoms with Gasteiger partial charge in [-0.25, -0.2) is 0 Å². The zero-order valence-electron chi connectivity index (χ0n) is 11.6. The summed E-state index contributed by atoms with van der Waals surface area (Å²) in [6.45, 7) is 2.74. The molecule has 4 nitrogen and oxygen atoms in total. The summed E-state index contributed by atoms with van der Waals surface area (Å²) < 4.78 is 5.23. The van der Waals surface area contributed by atoms with Gasteiger partial charge in [0.2, 0.25) is 5.91 Å². The highest BCUT2D eigenvalue weighted by Gasteiger charge is 2.42. The zero-order valence-corrected chi connectivity index (χ0v) is 11.6. The molecule has 2 aliphatic rings. The van der Waals surface area contributed by atoms with Crippen LogP contribution < -0.4 is 11.1 Å². The first-order chi connectivity index (χ1) is 8.59. The quantitative estimate of drug-likeness (QED) is 0.798. The van der Waals surface area contributed by atoms with Crippen LogP contribution in [0.5, 0.6) is 0 Å². The molecule has 0 atom stereocenters. The molecule has 0 aromatic heterocycles. The fourth-order valence-electron chi connectivity index (χ4n) is 3.05. The van der Waals surface area contributed by atoms with E-state index in [9.17, 15) is 4.79 Å². The third-order valence-corrected chi connectivity index (χ3v) is 4.87. The van der Waals surface area contributed by atoms with Crippen molar-refractivity contribution in [1.29, 1.82) is 0 Å². The van der Waals surface area contributed by atoms with Gasteiger partial charge in [0, 0.05) is 19.7 Å². The highest BCUT2D eigenvalue weighted by Crippen LogP contribution is 2.39. The lowest BCUT2D eigenvalue weighted by atomic mass is 9.70. The first-order valence-corrected chi connectivity index (χ1v) is 7.13. The van der Waals surface area contributed by atoms with Crippen molar-refractivity contribution in [3.05, 3.63) is 0 Å². The zero-order chi connectivity index (χ0) is 13.2. The summed E-state index contributed by atoms with van der Waals surface area (Å²) in [6.07, 6.45) is 6.34. The summed E-state index contributed by atoms with van der Waals surface area (Å²) in [5, 5.41) is 3.16. The fraction of sp³-hybridized carbons (Fsp3) is 0.929. The van der Waals surface area contributed by atoms with E-state index in [2.05, 4.69) is 12.2 Å². The SMILES string of the molecule is COC1CC(NC(=O)C2(CN)CCC(C)CC2)C1. The lowest BCUT2D eigenvalue weighted by molar-refractivity contribution is -0.135. The topological polar surface area (TPSA) is 64.3 Å². The molecule has 1 amide bonds. The molecule has 0 radical (unpaired) electrons. The minimum Gasteiger partial charge on any atom is -0.381 e. The van der Waals surface area contributed by atoms with E-state index in [1.54, 1.807) is 7.11 Å². The van der Waals surface area contributed by atoms with Crippen LogP contribution in [0.1, 0.15) is 45.4 Å². The average Bonchev–Trinajstić information content (AvgIpc) is 2.34. The van der Waals surface area contributed by atoms with E-state index in [1.165, 1.54) is 0 Å². The minimum atomic E-state index is -0.301. The number of methoxy groups -OCH3 is 1. The summed E-state index contributed by atoms with van der Waals surface area (Å²) in [7, 11) is 1.73. The van der Waals surface area contributed by atoms with Crippen LogP contribution in [-0.2, 0) is 9.53 Å². The Morgan fingerprint density at radius 2 is 2.00 bits per heavy atom. The summed E-state index contributed by atoms with van der Waals surface area (Å²) in [6, 6.07) is 0.297. The molecule has 3 N–H and O–H groups in total. The first kappa shape index (κ1) is 13.8. The van der Waals surface area contributed by atoms with Crippen molar-refractivity contribution >= 4 is 5.91 Å². The van der Waals surface area contributed by atoms with Crippen LogP contribution in [0.25, 0.3) is 0 Å². The molecule has 2 saturated carbocycles. The van der Waals surface area contributed by atoms with E-state index >= 15 is 0 Å². The number of carbonyl (C=O) groups excluding carboxylic acids is 1. The maximum atomic E-state index is 12.4. The van der Waals surface area contributed by atoms with E-state index in [0.29, 0.717) is 18.7 Å². The highest BCUT2D eigenvalue weighted by atomic mass is 16.5. The van der Waals surface area contributed by atoms with Crippen LogP contribution in [0.4, 0.5) is 0 Å². The molecule has 104 valence electrons. The van der Waals surface area contributed by atoms with Crippen LogP contribution in [0.2, 0.25) is 0 Å². The number of carbonyl (C=O) groups is 1. The molecule has 0 bridgehead atoms. The summed E-state index contributed by atoms with van der Waals surface area (Å²) in [5.41, 5.74) is 5.59. The molecule has 4 heteroatoms. The van der Waals surface area contributed by atoms with Crippen LogP contribution >= 0.6 is 0 Å². The van der Waals surface area contributed by atoms with Gasteiger partial charge in [0.05, 0.1) is 11.5 Å². The van der Waals surface area contributed by atoms with Gasteiger partial charge in [-0.1, -0.05) is 6.92 Å². The monoisotopic (exact) mass is 254 g/mol. The Morgan fingerprint density at radius 1 is 1.39 bits per heavy atom. The van der Waals surface area contributed by atoms with Gasteiger partial charge in [-0.15, -0.1) is 0 Å². The average molecular weight is 254 g/mol. The van der Waals surface area contributed by atoms with Gasteiger partial charge in [-0.05, 0) is 44.4 Å². The molecule has 0 unspecified atom stereocenters. The molecule has 2 fully saturated rings. The van der Waals surface area contributed by atoms with Gasteiger partial charge >= 0.3 is 0 Å². The van der Waals surface area contributed by atoms with Crippen molar-refractivity contribution in [2.45, 2.75) is 57.6 Å². The Morgan fingerprint density at radius 3 is 2.50 bits per heavy atom. The van der Waals surface area contributed by atoms with Gasteiger partial charge in [0.15, 0.2) is 0 Å². The Labute approximate surface area is 110 Å². The van der Waals surface area contributed by atoms with Crippen molar-refractivity contribution in [2.24, 2.45) is 17.1 Å². The molecular formula is C14H26N2O2. The Kier molecular flexibility index (Phi) is 4.28. The molecule has 2 rings (SSSR count). The summed E-state index contributed by atoms with van der Waals surface area (Å²) >= 11 is 0. The van der Waals surface area contributed by atoms with Gasteiger partial charge in [0.25, 0.3) is 0 Å². The second kappa shape index (κ2) is 5.57. The molecule has 2 aliphatic carbocycles. The number of nitrogens with one attached hydrogen (secondary N) is 1. The predicted molar refractivity (Wildman–Crippen MR) is 71.1 cm³/mol. The molecule has 0 saturated heterocycles. The van der Waals surface area contributed by atoms with Gasteiger partial charge in [-0.3, -0.25) is 4.79 Å². The van der Waals surface area contributed by atoms with Crippen molar-refractivity contribution in [1.82, 2.24) is 5.32 Å². The Bertz CT molecular complexity index is 292. The molecule has 0 aliphatic heterocycles. The van der Waals surface area contributed by atoms with Crippen LogP contribution in [-0.4, -0.2) is 31.7 Å². The van der Waals surface area contributed by atoms with Crippen LogP contribution in [0.15, 0.2) is 0 Å². The van der Waals surface area contributed by atoms with Crippen molar-refractivity contribution in [3.8, 4) is 0 Å². The molecule has 0 aromatic rings. The maximum Gasteiger partial charge on any atom is 0.227 e. The number of nitrogens with two attached hydrogens (primary N) is 1. The normalized spacial score (nSPS) is 40.1. The minimum absolute atomic E-state index is 0.177. The fourth-order valence-corrected chi connectivity index (χ4v) is 3.05. The van der Waals surface area contributed by atoms with E-state index < -0.39 is 0 Å². The van der Waals surface area contributed by atoms with E-state index in [1.807, 2.05) is 0 Å². The van der Waals surface area contributed by atoms with Gasteiger partial charge in [0.1, 0.15) is 0 Å². The lowest BCUT2D eigenvalue weighted by Crippen LogP contribution is -2.55. The number of hydrogen-bond donors (Lipinski definition) is 2. The molecule has 0 heterocycles. The standard InChI is InChI=1S/C14H26N2O2/c1-10-3-5-14(9-15,6-4-10)13(17)16-11-7-12(8-11)18-2/h10-12H,3-9,15H2,1-2H3,(H,16,17). The number of rotatable bonds is 4. The van der Waals surface area contributed by atoms with E-state index in [0.717, 1.165) is 44.4 Å². The molecule has 0 spiro atoms. The first-order valence-electron chi connectivity index (χ1n) is 7.13. The van der Waals surface area contributed by atoms with Crippen LogP contribution in [0, 0.1) is 11.3 Å². The van der Waals surface area contributed by atoms with Gasteiger partial charge < -0.3 is 15.8 Å². The lowest BCUT2D eigenvalue weighted by Gasteiger charge is -2.41. The Balaban J connectivity index is 1.86. The van der Waals surface area contributed by atoms with Crippen molar-refractivity contribution < 1.29 is 9.53 Å². The van der Waals surface area contributed by atoms with E-state index in [4.69, 9.17) is 10.5 Å². The van der Waals surface area contributed by atoms with Gasteiger partial charge in [-0.2, -0.15) is 0 Å². The Hall–Kier alpha value is -0.610. The largest absolute Gasteiger partial charge is 0.381 e. The number of amides is 1. The molecule has 0 aromatic carbocycles. The molecular weight excluding hydrogens is 228 g/mol. The summed E-state index contributed by atoms with van der Waals surface area (Å²) in [4.78, 5) is 12.4. The second-order valence-corrected chi connectivity index (χ2v) is 6.17.